The van der Waals surface area contributed by atoms with E-state index in [9.17, 15) is 18.0 Å². The predicted octanol–water partition coefficient (Wildman–Crippen LogP) is 1.04. The van der Waals surface area contributed by atoms with Gasteiger partial charge in [-0.1, -0.05) is 19.8 Å². The molecule has 1 rings (SSSR count). The monoisotopic (exact) mass is 325 g/mol. The van der Waals surface area contributed by atoms with Crippen LogP contribution in [0, 0.1) is 0 Å². The number of hydrogen-bond acceptors (Lipinski definition) is 4. The van der Waals surface area contributed by atoms with E-state index in [4.69, 9.17) is 5.11 Å². The van der Waals surface area contributed by atoms with Crippen LogP contribution in [0.2, 0.25) is 0 Å². The highest BCUT2D eigenvalue weighted by Gasteiger charge is 2.43. The zero-order valence-electron chi connectivity index (χ0n) is 9.09. The van der Waals surface area contributed by atoms with Gasteiger partial charge in [0.1, 0.15) is 6.04 Å². The Morgan fingerprint density at radius 3 is 2.53 bits per heavy atom. The Kier molecular flexibility index (Phi) is 4.31. The van der Waals surface area contributed by atoms with Crippen LogP contribution in [0.25, 0.3) is 0 Å². The minimum Gasteiger partial charge on any atom is -0.480 e. The van der Waals surface area contributed by atoms with Gasteiger partial charge in [0.05, 0.1) is 9.89 Å². The Bertz CT molecular complexity index is 470. The molecular formula is C9H12BrNO5S. The Morgan fingerprint density at radius 2 is 2.18 bits per heavy atom. The van der Waals surface area contributed by atoms with Gasteiger partial charge in [0, 0.05) is 0 Å². The number of amides is 1. The molecule has 8 heteroatoms. The fraction of sp³-hybridized carbons (Fsp3) is 0.556. The third-order valence-electron chi connectivity index (χ3n) is 2.33. The summed E-state index contributed by atoms with van der Waals surface area (Å²) in [6, 6.07) is -1.33. The number of carboxylic acid groups (broad SMARTS) is 1. The van der Waals surface area contributed by atoms with Crippen LogP contribution in [0.5, 0.6) is 0 Å². The maximum atomic E-state index is 11.6. The van der Waals surface area contributed by atoms with Crippen molar-refractivity contribution in [3.8, 4) is 0 Å². The number of unbranched alkanes of at least 4 members (excludes halogenated alkanes) is 1. The molecule has 0 aliphatic carbocycles. The highest BCUT2D eigenvalue weighted by Crippen LogP contribution is 2.28. The van der Waals surface area contributed by atoms with Gasteiger partial charge in [0.2, 0.25) is 0 Å². The van der Waals surface area contributed by atoms with Gasteiger partial charge >= 0.3 is 5.97 Å². The molecule has 0 aromatic heterocycles. The van der Waals surface area contributed by atoms with Gasteiger partial charge < -0.3 is 5.11 Å². The molecule has 0 saturated heterocycles. The number of carbonyl (C=O) groups excluding carboxylic acids is 1. The number of halogens is 1. The highest BCUT2D eigenvalue weighted by molar-refractivity contribution is 9.12. The van der Waals surface area contributed by atoms with Gasteiger partial charge in [-0.15, -0.1) is 0 Å². The van der Waals surface area contributed by atoms with Gasteiger partial charge in [-0.3, -0.25) is 4.79 Å². The molecule has 1 aliphatic heterocycles. The number of nitrogens with zero attached hydrogens (tertiary/aromatic N) is 1. The van der Waals surface area contributed by atoms with Crippen molar-refractivity contribution in [3.63, 3.8) is 0 Å². The van der Waals surface area contributed by atoms with Crippen LogP contribution in [-0.2, 0) is 19.6 Å². The second-order valence-electron chi connectivity index (χ2n) is 3.61. The molecule has 0 spiro atoms. The normalized spacial score (nSPS) is 20.2. The lowest BCUT2D eigenvalue weighted by Gasteiger charge is -2.22. The summed E-state index contributed by atoms with van der Waals surface area (Å²) in [6.45, 7) is 1.85. The van der Waals surface area contributed by atoms with E-state index in [1.165, 1.54) is 0 Å². The Hall–Kier alpha value is -0.890. The van der Waals surface area contributed by atoms with E-state index in [1.807, 2.05) is 6.92 Å². The standard InChI is InChI=1S/C9H12BrNO5S/c1-2-3-4-7(9(13)14)11-8(12)6(10)5-17(11,15)16/h5,7H,2-4H2,1H3,(H,13,14). The smallest absolute Gasteiger partial charge is 0.327 e. The van der Waals surface area contributed by atoms with Crippen LogP contribution in [0.4, 0.5) is 0 Å². The van der Waals surface area contributed by atoms with Crippen LogP contribution < -0.4 is 0 Å². The van der Waals surface area contributed by atoms with E-state index < -0.39 is 27.9 Å². The number of sulfonamides is 1. The molecule has 0 aromatic carbocycles. The molecule has 0 fully saturated rings. The average Bonchev–Trinajstić information content (AvgIpc) is 2.39. The summed E-state index contributed by atoms with van der Waals surface area (Å²) in [4.78, 5) is 22.6. The molecule has 1 atom stereocenters. The Balaban J connectivity index is 3.04. The topological polar surface area (TPSA) is 91.8 Å². The number of carboxylic acids is 1. The van der Waals surface area contributed by atoms with Gasteiger partial charge in [0.15, 0.2) is 0 Å². The lowest BCUT2D eigenvalue weighted by atomic mass is 10.1. The van der Waals surface area contributed by atoms with Crippen LogP contribution in [-0.4, -0.2) is 35.7 Å². The first-order chi connectivity index (χ1) is 7.81. The molecule has 1 unspecified atom stereocenters. The fourth-order valence-electron chi connectivity index (χ4n) is 1.52. The molecule has 1 N–H and O–H groups in total. The molecule has 1 heterocycles. The molecule has 1 aliphatic rings. The zero-order chi connectivity index (χ0) is 13.2. The predicted molar refractivity (Wildman–Crippen MR) is 63.7 cm³/mol. The largest absolute Gasteiger partial charge is 0.480 e. The van der Waals surface area contributed by atoms with Crippen molar-refractivity contribution >= 4 is 37.8 Å². The van der Waals surface area contributed by atoms with Crippen LogP contribution >= 0.6 is 15.9 Å². The molecule has 0 saturated carbocycles. The summed E-state index contributed by atoms with van der Waals surface area (Å²) >= 11 is 2.80. The minimum atomic E-state index is -3.97. The van der Waals surface area contributed by atoms with Crippen molar-refractivity contribution in [1.82, 2.24) is 4.31 Å². The van der Waals surface area contributed by atoms with Crippen molar-refractivity contribution in [2.45, 2.75) is 32.2 Å². The summed E-state index contributed by atoms with van der Waals surface area (Å²) in [5.74, 6) is -2.14. The third kappa shape index (κ3) is 2.86. The first kappa shape index (κ1) is 14.2. The highest BCUT2D eigenvalue weighted by atomic mass is 79.9. The average molecular weight is 326 g/mol. The van der Waals surface area contributed by atoms with E-state index >= 15 is 0 Å². The lowest BCUT2D eigenvalue weighted by Crippen LogP contribution is -2.45. The van der Waals surface area contributed by atoms with Gasteiger partial charge in [-0.05, 0) is 22.4 Å². The first-order valence-electron chi connectivity index (χ1n) is 5.00. The number of rotatable bonds is 5. The van der Waals surface area contributed by atoms with E-state index in [0.717, 1.165) is 11.8 Å². The molecular weight excluding hydrogens is 314 g/mol. The van der Waals surface area contributed by atoms with E-state index in [2.05, 4.69) is 15.9 Å². The van der Waals surface area contributed by atoms with Crippen molar-refractivity contribution < 1.29 is 23.1 Å². The first-order valence-corrected chi connectivity index (χ1v) is 7.29. The Morgan fingerprint density at radius 1 is 1.59 bits per heavy atom. The molecule has 1 amide bonds. The van der Waals surface area contributed by atoms with Crippen LogP contribution in [0.1, 0.15) is 26.2 Å². The zero-order valence-corrected chi connectivity index (χ0v) is 11.5. The van der Waals surface area contributed by atoms with E-state index in [1.54, 1.807) is 0 Å². The van der Waals surface area contributed by atoms with Crippen LogP contribution in [0.15, 0.2) is 9.89 Å². The van der Waals surface area contributed by atoms with Crippen molar-refractivity contribution in [2.75, 3.05) is 0 Å². The Labute approximate surface area is 107 Å². The molecule has 96 valence electrons. The minimum absolute atomic E-state index is 0.116. The molecule has 6 nitrogen and oxygen atoms in total. The summed E-state index contributed by atoms with van der Waals surface area (Å²) in [6.07, 6.45) is 1.37. The van der Waals surface area contributed by atoms with Gasteiger partial charge in [-0.2, -0.15) is 0 Å². The summed E-state index contributed by atoms with van der Waals surface area (Å²) in [7, 11) is -3.97. The maximum Gasteiger partial charge on any atom is 0.327 e. The number of aliphatic carboxylic acids is 1. The second kappa shape index (κ2) is 5.18. The molecule has 0 aromatic rings. The van der Waals surface area contributed by atoms with Crippen molar-refractivity contribution in [1.29, 1.82) is 0 Å². The van der Waals surface area contributed by atoms with Crippen molar-refractivity contribution in [2.24, 2.45) is 0 Å². The summed E-state index contributed by atoms with van der Waals surface area (Å²) in [5.41, 5.74) is 0. The lowest BCUT2D eigenvalue weighted by molar-refractivity contribution is -0.145. The maximum absolute atomic E-state index is 11.6. The van der Waals surface area contributed by atoms with Crippen molar-refractivity contribution in [3.05, 3.63) is 9.89 Å². The fourth-order valence-corrected chi connectivity index (χ4v) is 3.89. The number of hydrogen-bond donors (Lipinski definition) is 1. The quantitative estimate of drug-likeness (QED) is 0.815. The SMILES string of the molecule is CCCCC(C(=O)O)N1C(=O)C(Br)=CS1(=O)=O. The second-order valence-corrected chi connectivity index (χ2v) is 6.12. The van der Waals surface area contributed by atoms with E-state index in [-0.39, 0.29) is 10.9 Å². The summed E-state index contributed by atoms with van der Waals surface area (Å²) < 4.78 is 23.5. The molecule has 17 heavy (non-hydrogen) atoms. The molecule has 0 bridgehead atoms. The van der Waals surface area contributed by atoms with Gasteiger partial charge in [-0.25, -0.2) is 17.5 Å². The van der Waals surface area contributed by atoms with Gasteiger partial charge in [0.25, 0.3) is 15.9 Å². The van der Waals surface area contributed by atoms with E-state index in [0.29, 0.717) is 10.7 Å². The third-order valence-corrected chi connectivity index (χ3v) is 4.70. The van der Waals surface area contributed by atoms with Crippen LogP contribution in [0.3, 0.4) is 0 Å². The number of carbonyl (C=O) groups is 2. The molecule has 0 radical (unpaired) electrons. The summed E-state index contributed by atoms with van der Waals surface area (Å²) in [5, 5.41) is 9.73.